The van der Waals surface area contributed by atoms with Gasteiger partial charge in [0.2, 0.25) is 0 Å². The molecule has 1 aromatic carbocycles. The molecule has 1 saturated heterocycles. The molecule has 0 radical (unpaired) electrons. The second-order valence-electron chi connectivity index (χ2n) is 6.66. The van der Waals surface area contributed by atoms with E-state index in [0.29, 0.717) is 37.3 Å². The predicted molar refractivity (Wildman–Crippen MR) is 105 cm³/mol. The largest absolute Gasteiger partial charge is 0.354 e. The van der Waals surface area contributed by atoms with Crippen molar-refractivity contribution < 1.29 is 14.0 Å². The van der Waals surface area contributed by atoms with Gasteiger partial charge in [-0.3, -0.25) is 9.59 Å². The lowest BCUT2D eigenvalue weighted by Crippen LogP contribution is -2.49. The predicted octanol–water partition coefficient (Wildman–Crippen LogP) is 3.44. The molecule has 0 bridgehead atoms. The van der Waals surface area contributed by atoms with E-state index in [9.17, 15) is 14.0 Å². The van der Waals surface area contributed by atoms with Crippen molar-refractivity contribution in [3.63, 3.8) is 0 Å². The van der Waals surface area contributed by atoms with Crippen molar-refractivity contribution in [2.75, 3.05) is 19.6 Å². The molecule has 1 atom stereocenters. The maximum atomic E-state index is 13.7. The van der Waals surface area contributed by atoms with E-state index < -0.39 is 0 Å². The number of hydrogen-bond acceptors (Lipinski definition) is 3. The molecule has 0 spiro atoms. The monoisotopic (exact) mass is 393 g/mol. The Hall–Kier alpha value is -2.18. The van der Waals surface area contributed by atoms with Gasteiger partial charge < -0.3 is 15.2 Å². The maximum absolute atomic E-state index is 13.7. The van der Waals surface area contributed by atoms with E-state index in [1.165, 1.54) is 19.1 Å². The molecule has 0 aliphatic carbocycles. The molecule has 2 heterocycles. The van der Waals surface area contributed by atoms with Gasteiger partial charge in [0.1, 0.15) is 11.5 Å². The molecule has 146 valence electrons. The van der Waals surface area contributed by atoms with Gasteiger partial charge in [-0.2, -0.15) is 0 Å². The van der Waals surface area contributed by atoms with Gasteiger partial charge in [-0.1, -0.05) is 19.1 Å². The van der Waals surface area contributed by atoms with Gasteiger partial charge in [0.15, 0.2) is 5.78 Å². The number of carbonyl (C=O) groups excluding carboxylic acids is 2. The third kappa shape index (κ3) is 4.06. The number of nitrogens with one attached hydrogen (secondary N) is 2. The molecule has 27 heavy (non-hydrogen) atoms. The first-order chi connectivity index (χ1) is 12.4. The number of H-pyrrole nitrogens is 1. The highest BCUT2D eigenvalue weighted by molar-refractivity contribution is 6.02. The van der Waals surface area contributed by atoms with Crippen LogP contribution in [0.5, 0.6) is 0 Å². The Morgan fingerprint density at radius 2 is 2.07 bits per heavy atom. The summed E-state index contributed by atoms with van der Waals surface area (Å²) in [5.41, 5.74) is 3.32. The number of halogens is 2. The van der Waals surface area contributed by atoms with Crippen LogP contribution in [0.15, 0.2) is 24.3 Å². The Morgan fingerprint density at radius 3 is 2.70 bits per heavy atom. The highest BCUT2D eigenvalue weighted by Gasteiger charge is 2.32. The number of aryl methyl sites for hydroxylation is 1. The molecular weight excluding hydrogens is 369 g/mol. The minimum atomic E-state index is -0.315. The van der Waals surface area contributed by atoms with Crippen LogP contribution in [-0.2, 0) is 6.42 Å². The zero-order valence-corrected chi connectivity index (χ0v) is 16.6. The minimum absolute atomic E-state index is 0. The van der Waals surface area contributed by atoms with Gasteiger partial charge >= 0.3 is 0 Å². The molecule has 7 heteroatoms. The van der Waals surface area contributed by atoms with Crippen LogP contribution >= 0.6 is 12.4 Å². The van der Waals surface area contributed by atoms with E-state index in [-0.39, 0.29) is 36.0 Å². The summed E-state index contributed by atoms with van der Waals surface area (Å²) in [6, 6.07) is 6.12. The van der Waals surface area contributed by atoms with Crippen LogP contribution in [0.1, 0.15) is 57.6 Å². The SMILES string of the molecule is CCc1c(C(=O)N2CCNCC2c2cccc(F)c2)[nH]c(C)c1C(C)=O.Cl. The molecular formula is C20H25ClFN3O2. The van der Waals surface area contributed by atoms with Crippen molar-refractivity contribution in [2.24, 2.45) is 0 Å². The zero-order chi connectivity index (χ0) is 18.8. The number of aromatic nitrogens is 1. The summed E-state index contributed by atoms with van der Waals surface area (Å²) in [6.07, 6.45) is 0.594. The molecule has 0 saturated carbocycles. The van der Waals surface area contributed by atoms with Gasteiger partial charge in [-0.15, -0.1) is 12.4 Å². The summed E-state index contributed by atoms with van der Waals surface area (Å²) in [7, 11) is 0. The third-order valence-electron chi connectivity index (χ3n) is 4.95. The first-order valence-corrected chi connectivity index (χ1v) is 8.93. The van der Waals surface area contributed by atoms with Crippen LogP contribution < -0.4 is 5.32 Å². The second kappa shape index (κ2) is 8.67. The fourth-order valence-electron chi connectivity index (χ4n) is 3.79. The molecule has 1 aromatic heterocycles. The first-order valence-electron chi connectivity index (χ1n) is 8.93. The Bertz CT molecular complexity index is 850. The number of ketones is 1. The lowest BCUT2D eigenvalue weighted by atomic mass is 10.00. The second-order valence-corrected chi connectivity index (χ2v) is 6.66. The summed E-state index contributed by atoms with van der Waals surface area (Å²) in [5, 5.41) is 3.27. The molecule has 1 fully saturated rings. The van der Waals surface area contributed by atoms with E-state index in [1.54, 1.807) is 11.0 Å². The van der Waals surface area contributed by atoms with Crippen molar-refractivity contribution >= 4 is 24.1 Å². The number of nitrogens with zero attached hydrogens (tertiary/aromatic N) is 1. The standard InChI is InChI=1S/C20H24FN3O2.ClH/c1-4-16-18(13(3)25)12(2)23-19(16)20(26)24-9-8-22-11-17(24)14-6-5-7-15(21)10-14;/h5-7,10,17,22-23H,4,8-9,11H2,1-3H3;1H. The van der Waals surface area contributed by atoms with Crippen molar-refractivity contribution in [1.29, 1.82) is 0 Å². The van der Waals surface area contributed by atoms with Gasteiger partial charge in [-0.25, -0.2) is 4.39 Å². The number of Topliss-reactive ketones (excluding diaryl/α,β-unsaturated/α-hetero) is 1. The smallest absolute Gasteiger partial charge is 0.271 e. The van der Waals surface area contributed by atoms with E-state index in [1.807, 2.05) is 19.9 Å². The topological polar surface area (TPSA) is 65.2 Å². The Balaban J connectivity index is 0.00000261. The van der Waals surface area contributed by atoms with E-state index in [0.717, 1.165) is 16.8 Å². The number of rotatable bonds is 4. The van der Waals surface area contributed by atoms with E-state index >= 15 is 0 Å². The maximum Gasteiger partial charge on any atom is 0.271 e. The zero-order valence-electron chi connectivity index (χ0n) is 15.8. The van der Waals surface area contributed by atoms with Crippen LogP contribution in [0.2, 0.25) is 0 Å². The number of piperazine rings is 1. The highest BCUT2D eigenvalue weighted by Crippen LogP contribution is 2.28. The fraction of sp³-hybridized carbons (Fsp3) is 0.400. The molecule has 1 aliphatic heterocycles. The van der Waals surface area contributed by atoms with Crippen LogP contribution in [0.25, 0.3) is 0 Å². The average Bonchev–Trinajstić information content (AvgIpc) is 2.97. The van der Waals surface area contributed by atoms with E-state index in [4.69, 9.17) is 0 Å². The molecule has 5 nitrogen and oxygen atoms in total. The van der Waals surface area contributed by atoms with Crippen LogP contribution in [0, 0.1) is 12.7 Å². The fourth-order valence-corrected chi connectivity index (χ4v) is 3.79. The molecule has 1 aliphatic rings. The molecule has 2 aromatic rings. The molecule has 2 N–H and O–H groups in total. The number of aromatic amines is 1. The number of hydrogen-bond donors (Lipinski definition) is 2. The van der Waals surface area contributed by atoms with Crippen molar-refractivity contribution in [1.82, 2.24) is 15.2 Å². The van der Waals surface area contributed by atoms with Crippen LogP contribution in [0.4, 0.5) is 4.39 Å². The summed E-state index contributed by atoms with van der Waals surface area (Å²) in [4.78, 5) is 30.2. The molecule has 3 rings (SSSR count). The minimum Gasteiger partial charge on any atom is -0.354 e. The number of amides is 1. The van der Waals surface area contributed by atoms with Gasteiger partial charge in [-0.05, 0) is 43.5 Å². The van der Waals surface area contributed by atoms with Crippen molar-refractivity contribution in [2.45, 2.75) is 33.2 Å². The van der Waals surface area contributed by atoms with Crippen molar-refractivity contribution in [3.05, 3.63) is 58.2 Å². The summed E-state index contributed by atoms with van der Waals surface area (Å²) in [5.74, 6) is -0.505. The number of carbonyl (C=O) groups is 2. The van der Waals surface area contributed by atoms with Gasteiger partial charge in [0.25, 0.3) is 5.91 Å². The van der Waals surface area contributed by atoms with E-state index in [2.05, 4.69) is 10.3 Å². The summed E-state index contributed by atoms with van der Waals surface area (Å²) >= 11 is 0. The Morgan fingerprint density at radius 1 is 1.33 bits per heavy atom. The summed E-state index contributed by atoms with van der Waals surface area (Å²) in [6.45, 7) is 7.04. The lowest BCUT2D eigenvalue weighted by molar-refractivity contribution is 0.0627. The van der Waals surface area contributed by atoms with Gasteiger partial charge in [0.05, 0.1) is 6.04 Å². The van der Waals surface area contributed by atoms with Gasteiger partial charge in [0, 0.05) is 30.9 Å². The van der Waals surface area contributed by atoms with Crippen LogP contribution in [0.3, 0.4) is 0 Å². The van der Waals surface area contributed by atoms with Crippen molar-refractivity contribution in [3.8, 4) is 0 Å². The Labute approximate surface area is 164 Å². The number of benzene rings is 1. The first kappa shape index (κ1) is 21.1. The molecule has 1 amide bonds. The van der Waals surface area contributed by atoms with Crippen LogP contribution in [-0.4, -0.2) is 41.2 Å². The third-order valence-corrected chi connectivity index (χ3v) is 4.95. The average molecular weight is 394 g/mol. The quantitative estimate of drug-likeness (QED) is 0.782. The normalized spacial score (nSPS) is 16.7. The summed E-state index contributed by atoms with van der Waals surface area (Å²) < 4.78 is 13.7. The highest BCUT2D eigenvalue weighted by atomic mass is 35.5. The molecule has 1 unspecified atom stereocenters. The lowest BCUT2D eigenvalue weighted by Gasteiger charge is -2.36. The Kier molecular flexibility index (Phi) is 6.78.